The number of rotatable bonds is 5. The maximum atomic E-state index is 11.1. The zero-order valence-corrected chi connectivity index (χ0v) is 22.4. The van der Waals surface area contributed by atoms with Crippen molar-refractivity contribution >= 4 is 0 Å². The second kappa shape index (κ2) is 8.79. The molecule has 5 aliphatic carbocycles. The molecular weight excluding hydrogens is 404 g/mol. The van der Waals surface area contributed by atoms with Crippen LogP contribution in [0.2, 0.25) is 0 Å². The maximum Gasteiger partial charge on any atom is 0.0648 e. The van der Waals surface area contributed by atoms with E-state index < -0.39 is 0 Å². The summed E-state index contributed by atoms with van der Waals surface area (Å²) in [5, 5.41) is 22.2. The van der Waals surface area contributed by atoms with Gasteiger partial charge in [0.05, 0.1) is 11.2 Å². The molecular formula is C31H54O2. The van der Waals surface area contributed by atoms with Crippen LogP contribution in [0.5, 0.6) is 0 Å². The van der Waals surface area contributed by atoms with E-state index >= 15 is 0 Å². The fourth-order valence-electron chi connectivity index (χ4n) is 10.8. The maximum absolute atomic E-state index is 11.1. The first-order chi connectivity index (χ1) is 15.6. The van der Waals surface area contributed by atoms with Crippen LogP contribution in [0.1, 0.15) is 137 Å². The molecule has 0 saturated heterocycles. The first-order valence-corrected chi connectivity index (χ1v) is 15.1. The molecule has 0 spiro atoms. The van der Waals surface area contributed by atoms with Crippen molar-refractivity contribution in [2.75, 3.05) is 0 Å². The van der Waals surface area contributed by atoms with E-state index in [0.29, 0.717) is 10.8 Å². The third-order valence-corrected chi connectivity index (χ3v) is 13.1. The summed E-state index contributed by atoms with van der Waals surface area (Å²) in [6, 6.07) is 0. The Balaban J connectivity index is 1.26. The molecule has 5 rings (SSSR count). The van der Waals surface area contributed by atoms with Crippen LogP contribution in [0.4, 0.5) is 0 Å². The van der Waals surface area contributed by atoms with Crippen LogP contribution in [-0.2, 0) is 0 Å². The van der Waals surface area contributed by atoms with Gasteiger partial charge in [-0.25, -0.2) is 0 Å². The van der Waals surface area contributed by atoms with Crippen molar-refractivity contribution in [2.45, 2.75) is 148 Å². The predicted octanol–water partition coefficient (Wildman–Crippen LogP) is 7.90. The molecule has 5 fully saturated rings. The Labute approximate surface area is 204 Å². The van der Waals surface area contributed by atoms with Crippen LogP contribution in [0, 0.1) is 46.3 Å². The number of hydrogen-bond donors (Lipinski definition) is 2. The smallest absolute Gasteiger partial charge is 0.0648 e. The molecule has 0 unspecified atom stereocenters. The lowest BCUT2D eigenvalue weighted by Gasteiger charge is -2.62. The lowest BCUT2D eigenvalue weighted by atomic mass is 9.43. The van der Waals surface area contributed by atoms with Gasteiger partial charge in [0.2, 0.25) is 0 Å². The Morgan fingerprint density at radius 3 is 2.21 bits per heavy atom. The molecule has 2 nitrogen and oxygen atoms in total. The molecule has 0 amide bonds. The normalized spacial score (nSPS) is 50.2. The molecule has 33 heavy (non-hydrogen) atoms. The Morgan fingerprint density at radius 1 is 0.758 bits per heavy atom. The second-order valence-electron chi connectivity index (χ2n) is 14.5. The summed E-state index contributed by atoms with van der Waals surface area (Å²) >= 11 is 0. The number of hydrogen-bond acceptors (Lipinski definition) is 2. The van der Waals surface area contributed by atoms with Gasteiger partial charge >= 0.3 is 0 Å². The molecule has 0 heterocycles. The SMILES string of the molecule is CC[C@]1(O)CC[C@@]2(C)[C@@H](CC[C@@H]3[C@@H]2CC[C@]2(C)[C@@H]([C@H](C)CCC4(O)CCCCC4)CC[C@@H]32)C1. The largest absolute Gasteiger partial charge is 0.390 e. The van der Waals surface area contributed by atoms with Crippen LogP contribution < -0.4 is 0 Å². The van der Waals surface area contributed by atoms with Gasteiger partial charge in [-0.15, -0.1) is 0 Å². The van der Waals surface area contributed by atoms with E-state index in [1.807, 2.05) is 0 Å². The van der Waals surface area contributed by atoms with Gasteiger partial charge in [-0.3, -0.25) is 0 Å². The Hall–Kier alpha value is -0.0800. The van der Waals surface area contributed by atoms with Crippen LogP contribution in [-0.4, -0.2) is 21.4 Å². The van der Waals surface area contributed by atoms with Crippen molar-refractivity contribution in [1.29, 1.82) is 0 Å². The summed E-state index contributed by atoms with van der Waals surface area (Å²) < 4.78 is 0. The average molecular weight is 459 g/mol. The third-order valence-electron chi connectivity index (χ3n) is 13.1. The Kier molecular flexibility index (Phi) is 6.55. The van der Waals surface area contributed by atoms with E-state index in [9.17, 15) is 10.2 Å². The summed E-state index contributed by atoms with van der Waals surface area (Å²) in [6.07, 6.45) is 20.9. The van der Waals surface area contributed by atoms with E-state index in [-0.39, 0.29) is 11.2 Å². The summed E-state index contributed by atoms with van der Waals surface area (Å²) in [5.74, 6) is 5.10. The van der Waals surface area contributed by atoms with Gasteiger partial charge in [-0.05, 0) is 136 Å². The van der Waals surface area contributed by atoms with Crippen molar-refractivity contribution in [3.8, 4) is 0 Å². The van der Waals surface area contributed by atoms with Gasteiger partial charge in [-0.2, -0.15) is 0 Å². The number of fused-ring (bicyclic) bond motifs is 5. The molecule has 0 bridgehead atoms. The highest BCUT2D eigenvalue weighted by Gasteiger charge is 2.61. The van der Waals surface area contributed by atoms with Crippen LogP contribution in [0.25, 0.3) is 0 Å². The van der Waals surface area contributed by atoms with Gasteiger partial charge in [0.25, 0.3) is 0 Å². The van der Waals surface area contributed by atoms with Gasteiger partial charge in [0.15, 0.2) is 0 Å². The molecule has 0 aromatic heterocycles. The van der Waals surface area contributed by atoms with Crippen LogP contribution in [0.3, 0.4) is 0 Å². The number of aliphatic hydroxyl groups is 2. The van der Waals surface area contributed by atoms with Gasteiger partial charge in [-0.1, -0.05) is 47.0 Å². The zero-order valence-electron chi connectivity index (χ0n) is 22.4. The van der Waals surface area contributed by atoms with Crippen molar-refractivity contribution in [1.82, 2.24) is 0 Å². The quantitative estimate of drug-likeness (QED) is 0.439. The standard InChI is InChI=1S/C31H54O2/c1-5-30(32)20-19-28(3)23(21-30)9-10-24-26-12-11-25(29(26,4)17-14-27(24)28)22(2)13-18-31(33)15-7-6-8-16-31/h22-27,32-33H,5-21H2,1-4H3/t22-,23+,24+,25-,26+,27+,28+,29-,30+/m1/s1. The van der Waals surface area contributed by atoms with Crippen molar-refractivity contribution < 1.29 is 10.2 Å². The second-order valence-corrected chi connectivity index (χ2v) is 14.5. The van der Waals surface area contributed by atoms with E-state index in [1.54, 1.807) is 0 Å². The van der Waals surface area contributed by atoms with Gasteiger partial charge in [0, 0.05) is 0 Å². The van der Waals surface area contributed by atoms with Crippen molar-refractivity contribution in [3.63, 3.8) is 0 Å². The lowest BCUT2D eigenvalue weighted by Crippen LogP contribution is -2.56. The Bertz CT molecular complexity index is 697. The summed E-state index contributed by atoms with van der Waals surface area (Å²) in [5.41, 5.74) is 0.269. The predicted molar refractivity (Wildman–Crippen MR) is 137 cm³/mol. The fraction of sp³-hybridized carbons (Fsp3) is 1.00. The van der Waals surface area contributed by atoms with Gasteiger partial charge < -0.3 is 10.2 Å². The van der Waals surface area contributed by atoms with E-state index in [2.05, 4.69) is 27.7 Å². The van der Waals surface area contributed by atoms with E-state index in [0.717, 1.165) is 74.0 Å². The molecule has 5 aliphatic rings. The molecule has 0 aliphatic heterocycles. The fourth-order valence-corrected chi connectivity index (χ4v) is 10.8. The van der Waals surface area contributed by atoms with E-state index in [4.69, 9.17) is 0 Å². The minimum atomic E-state index is -0.378. The Morgan fingerprint density at radius 2 is 1.48 bits per heavy atom. The molecule has 0 aromatic rings. The highest BCUT2D eigenvalue weighted by atomic mass is 16.3. The minimum absolute atomic E-state index is 0.350. The van der Waals surface area contributed by atoms with Crippen molar-refractivity contribution in [3.05, 3.63) is 0 Å². The van der Waals surface area contributed by atoms with Gasteiger partial charge in [0.1, 0.15) is 0 Å². The molecule has 9 atom stereocenters. The van der Waals surface area contributed by atoms with Crippen LogP contribution in [0.15, 0.2) is 0 Å². The summed E-state index contributed by atoms with van der Waals surface area (Å²) in [4.78, 5) is 0. The molecule has 190 valence electrons. The summed E-state index contributed by atoms with van der Waals surface area (Å²) in [6.45, 7) is 10.0. The average Bonchev–Trinajstić information content (AvgIpc) is 3.16. The monoisotopic (exact) mass is 458 g/mol. The lowest BCUT2D eigenvalue weighted by molar-refractivity contribution is -0.153. The highest BCUT2D eigenvalue weighted by molar-refractivity contribution is 5.11. The third kappa shape index (κ3) is 4.16. The first-order valence-electron chi connectivity index (χ1n) is 15.1. The molecule has 2 heteroatoms. The van der Waals surface area contributed by atoms with E-state index in [1.165, 1.54) is 70.6 Å². The molecule has 5 saturated carbocycles. The zero-order chi connectivity index (χ0) is 23.5. The highest BCUT2D eigenvalue weighted by Crippen LogP contribution is 2.69. The van der Waals surface area contributed by atoms with Crippen LogP contribution >= 0.6 is 0 Å². The molecule has 0 aromatic carbocycles. The summed E-state index contributed by atoms with van der Waals surface area (Å²) in [7, 11) is 0. The molecule has 0 radical (unpaired) electrons. The molecule has 2 N–H and O–H groups in total. The minimum Gasteiger partial charge on any atom is -0.390 e. The topological polar surface area (TPSA) is 40.5 Å². The first kappa shape index (κ1) is 24.6. The van der Waals surface area contributed by atoms with Crippen molar-refractivity contribution in [2.24, 2.45) is 46.3 Å².